The standard InChI is InChI=1S/C28H26O4/c1-4-30-27-16-22(12-13-25(27)31-18-21-8-6-5-7-9-21)15-23-17-26(32-28(23)29)24-14-19(2)10-11-20(24)3/h5-17H,4,18H2,1-3H3/b23-15+. The fourth-order valence-corrected chi connectivity index (χ4v) is 3.54. The first-order valence-corrected chi connectivity index (χ1v) is 10.7. The van der Waals surface area contributed by atoms with Gasteiger partial charge in [0.2, 0.25) is 0 Å². The second-order valence-electron chi connectivity index (χ2n) is 7.73. The van der Waals surface area contributed by atoms with E-state index in [0.717, 1.165) is 27.8 Å². The molecular formula is C28H26O4. The molecule has 0 saturated carbocycles. The van der Waals surface area contributed by atoms with E-state index in [2.05, 4.69) is 0 Å². The quantitative estimate of drug-likeness (QED) is 0.330. The fourth-order valence-electron chi connectivity index (χ4n) is 3.54. The van der Waals surface area contributed by atoms with Crippen molar-refractivity contribution in [2.75, 3.05) is 6.61 Å². The van der Waals surface area contributed by atoms with Gasteiger partial charge in [-0.25, -0.2) is 4.79 Å². The Morgan fingerprint density at radius 3 is 2.50 bits per heavy atom. The predicted octanol–water partition coefficient (Wildman–Crippen LogP) is 6.26. The Bertz CT molecular complexity index is 1190. The molecule has 0 atom stereocenters. The van der Waals surface area contributed by atoms with Gasteiger partial charge in [0.1, 0.15) is 12.4 Å². The number of carbonyl (C=O) groups is 1. The summed E-state index contributed by atoms with van der Waals surface area (Å²) in [5.41, 5.74) is 5.54. The van der Waals surface area contributed by atoms with E-state index in [1.165, 1.54) is 0 Å². The van der Waals surface area contributed by atoms with E-state index >= 15 is 0 Å². The third-order valence-electron chi connectivity index (χ3n) is 5.21. The zero-order chi connectivity index (χ0) is 22.5. The lowest BCUT2D eigenvalue weighted by atomic mass is 10.0. The van der Waals surface area contributed by atoms with Crippen molar-refractivity contribution in [3.05, 3.63) is 106 Å². The summed E-state index contributed by atoms with van der Waals surface area (Å²) >= 11 is 0. The third kappa shape index (κ3) is 4.92. The van der Waals surface area contributed by atoms with Gasteiger partial charge in [0, 0.05) is 5.56 Å². The molecule has 1 aliphatic rings. The molecule has 3 aromatic rings. The van der Waals surface area contributed by atoms with E-state index in [1.54, 1.807) is 6.08 Å². The van der Waals surface area contributed by atoms with Crippen molar-refractivity contribution in [1.29, 1.82) is 0 Å². The molecule has 162 valence electrons. The first-order chi connectivity index (χ1) is 15.5. The van der Waals surface area contributed by atoms with Crippen LogP contribution in [0.4, 0.5) is 0 Å². The number of benzene rings is 3. The predicted molar refractivity (Wildman–Crippen MR) is 126 cm³/mol. The molecular weight excluding hydrogens is 400 g/mol. The van der Waals surface area contributed by atoms with Gasteiger partial charge in [-0.2, -0.15) is 0 Å². The number of aryl methyl sites for hydroxylation is 2. The molecule has 3 aromatic carbocycles. The molecule has 0 fully saturated rings. The van der Waals surface area contributed by atoms with Gasteiger partial charge < -0.3 is 14.2 Å². The molecule has 0 amide bonds. The number of esters is 1. The van der Waals surface area contributed by atoms with Gasteiger partial charge in [0.15, 0.2) is 11.5 Å². The minimum atomic E-state index is -0.358. The number of ether oxygens (including phenoxy) is 3. The highest BCUT2D eigenvalue weighted by molar-refractivity contribution is 6.05. The average molecular weight is 427 g/mol. The van der Waals surface area contributed by atoms with E-state index in [9.17, 15) is 4.79 Å². The largest absolute Gasteiger partial charge is 0.490 e. The molecule has 0 N–H and O–H groups in total. The SMILES string of the molecule is CCOc1cc(/C=C2\C=C(c3cc(C)ccc3C)OC2=O)ccc1OCc1ccccc1. The molecule has 32 heavy (non-hydrogen) atoms. The van der Waals surface area contributed by atoms with Gasteiger partial charge in [-0.05, 0) is 67.8 Å². The minimum absolute atomic E-state index is 0.358. The molecule has 0 spiro atoms. The summed E-state index contributed by atoms with van der Waals surface area (Å²) in [6, 6.07) is 21.8. The zero-order valence-corrected chi connectivity index (χ0v) is 18.6. The summed E-state index contributed by atoms with van der Waals surface area (Å²) in [7, 11) is 0. The van der Waals surface area contributed by atoms with E-state index in [1.807, 2.05) is 93.6 Å². The van der Waals surface area contributed by atoms with Gasteiger partial charge in [0.05, 0.1) is 12.2 Å². The number of carbonyl (C=O) groups excluding carboxylic acids is 1. The Balaban J connectivity index is 1.59. The van der Waals surface area contributed by atoms with E-state index in [-0.39, 0.29) is 5.97 Å². The van der Waals surface area contributed by atoms with E-state index in [0.29, 0.717) is 36.0 Å². The summed E-state index contributed by atoms with van der Waals surface area (Å²) < 4.78 is 17.3. The lowest BCUT2D eigenvalue weighted by Crippen LogP contribution is -2.00. The number of hydrogen-bond donors (Lipinski definition) is 0. The van der Waals surface area contributed by atoms with Crippen molar-refractivity contribution in [3.8, 4) is 11.5 Å². The van der Waals surface area contributed by atoms with Gasteiger partial charge in [0.25, 0.3) is 0 Å². The van der Waals surface area contributed by atoms with Crippen molar-refractivity contribution < 1.29 is 19.0 Å². The molecule has 4 heteroatoms. The maximum Gasteiger partial charge on any atom is 0.343 e. The van der Waals surface area contributed by atoms with Crippen molar-refractivity contribution in [1.82, 2.24) is 0 Å². The van der Waals surface area contributed by atoms with Crippen LogP contribution in [0.1, 0.15) is 34.7 Å². The molecule has 0 saturated heterocycles. The second kappa shape index (κ2) is 9.56. The highest BCUT2D eigenvalue weighted by Gasteiger charge is 2.23. The second-order valence-corrected chi connectivity index (χ2v) is 7.73. The molecule has 0 aromatic heterocycles. The highest BCUT2D eigenvalue weighted by atomic mass is 16.5. The van der Waals surface area contributed by atoms with Crippen LogP contribution in [0.25, 0.3) is 11.8 Å². The molecule has 0 bridgehead atoms. The van der Waals surface area contributed by atoms with Crippen molar-refractivity contribution in [3.63, 3.8) is 0 Å². The Labute approximate surface area is 188 Å². The monoisotopic (exact) mass is 426 g/mol. The molecule has 0 radical (unpaired) electrons. The topological polar surface area (TPSA) is 44.8 Å². The summed E-state index contributed by atoms with van der Waals surface area (Å²) in [6.07, 6.45) is 3.61. The molecule has 4 rings (SSSR count). The first kappa shape index (κ1) is 21.4. The normalized spacial score (nSPS) is 14.3. The third-order valence-corrected chi connectivity index (χ3v) is 5.21. The Hall–Kier alpha value is -3.79. The van der Waals surface area contributed by atoms with Crippen LogP contribution < -0.4 is 9.47 Å². The summed E-state index contributed by atoms with van der Waals surface area (Å²) in [5, 5.41) is 0. The van der Waals surface area contributed by atoms with Crippen LogP contribution >= 0.6 is 0 Å². The Morgan fingerprint density at radius 2 is 1.72 bits per heavy atom. The highest BCUT2D eigenvalue weighted by Crippen LogP contribution is 2.33. The maximum absolute atomic E-state index is 12.5. The minimum Gasteiger partial charge on any atom is -0.490 e. The Morgan fingerprint density at radius 1 is 0.906 bits per heavy atom. The first-order valence-electron chi connectivity index (χ1n) is 10.7. The summed E-state index contributed by atoms with van der Waals surface area (Å²) in [6.45, 7) is 6.93. The van der Waals surface area contributed by atoms with Gasteiger partial charge in [-0.3, -0.25) is 0 Å². The van der Waals surface area contributed by atoms with Crippen molar-refractivity contribution >= 4 is 17.8 Å². The van der Waals surface area contributed by atoms with E-state index in [4.69, 9.17) is 14.2 Å². The van der Waals surface area contributed by atoms with Crippen molar-refractivity contribution in [2.45, 2.75) is 27.4 Å². The smallest absolute Gasteiger partial charge is 0.343 e. The molecule has 0 unspecified atom stereocenters. The fraction of sp³-hybridized carbons (Fsp3) is 0.179. The molecule has 1 heterocycles. The Kier molecular flexibility index (Phi) is 6.41. The molecule has 0 aliphatic carbocycles. The molecule has 1 aliphatic heterocycles. The average Bonchev–Trinajstić information content (AvgIpc) is 3.15. The summed E-state index contributed by atoms with van der Waals surface area (Å²) in [5.74, 6) is 1.53. The number of rotatable bonds is 7. The lowest BCUT2D eigenvalue weighted by Gasteiger charge is -2.13. The maximum atomic E-state index is 12.5. The number of cyclic esters (lactones) is 1. The van der Waals surface area contributed by atoms with Crippen LogP contribution in [0.2, 0.25) is 0 Å². The lowest BCUT2D eigenvalue weighted by molar-refractivity contribution is -0.130. The van der Waals surface area contributed by atoms with Crippen LogP contribution in [0, 0.1) is 13.8 Å². The van der Waals surface area contributed by atoms with E-state index < -0.39 is 0 Å². The van der Waals surface area contributed by atoms with Crippen molar-refractivity contribution in [2.24, 2.45) is 0 Å². The van der Waals surface area contributed by atoms with Crippen LogP contribution in [0.3, 0.4) is 0 Å². The summed E-state index contributed by atoms with van der Waals surface area (Å²) in [4.78, 5) is 12.5. The van der Waals surface area contributed by atoms with Crippen LogP contribution in [-0.2, 0) is 16.1 Å². The van der Waals surface area contributed by atoms with Gasteiger partial charge in [-0.1, -0.05) is 54.1 Å². The van der Waals surface area contributed by atoms with Crippen LogP contribution in [0.15, 0.2) is 78.4 Å². The van der Waals surface area contributed by atoms with Gasteiger partial charge in [-0.15, -0.1) is 0 Å². The zero-order valence-electron chi connectivity index (χ0n) is 18.6. The van der Waals surface area contributed by atoms with Crippen LogP contribution in [-0.4, -0.2) is 12.6 Å². The number of hydrogen-bond acceptors (Lipinski definition) is 4. The van der Waals surface area contributed by atoms with Gasteiger partial charge >= 0.3 is 5.97 Å². The molecule has 4 nitrogen and oxygen atoms in total. The van der Waals surface area contributed by atoms with Crippen LogP contribution in [0.5, 0.6) is 11.5 Å².